The van der Waals surface area contributed by atoms with E-state index in [0.717, 1.165) is 19.3 Å². The van der Waals surface area contributed by atoms with Gasteiger partial charge in [0, 0.05) is 22.1 Å². The van der Waals surface area contributed by atoms with Gasteiger partial charge in [-0.2, -0.15) is 0 Å². The van der Waals surface area contributed by atoms with Crippen molar-refractivity contribution in [3.05, 3.63) is 40.1 Å². The lowest BCUT2D eigenvalue weighted by atomic mass is 10.1. The number of thiophene rings is 1. The molecule has 2 aromatic heterocycles. The zero-order valence-corrected chi connectivity index (χ0v) is 14.7. The second kappa shape index (κ2) is 6.74. The summed E-state index contributed by atoms with van der Waals surface area (Å²) in [6, 6.07) is 2.57. The van der Waals surface area contributed by atoms with E-state index < -0.39 is 0 Å². The van der Waals surface area contributed by atoms with Gasteiger partial charge in [-0.1, -0.05) is 0 Å². The molecule has 0 spiro atoms. The first-order valence-corrected chi connectivity index (χ1v) is 8.97. The summed E-state index contributed by atoms with van der Waals surface area (Å²) in [5.74, 6) is 0. The summed E-state index contributed by atoms with van der Waals surface area (Å²) in [4.78, 5) is 19.0. The van der Waals surface area contributed by atoms with E-state index in [1.165, 1.54) is 15.3 Å². The standard InChI is InChI=1S/C17H24N4OS/c1-11-9-14(13(3)23-11)12(2)19-17(22)20-15-5-4-6-16(15)21-8-7-18-10-21/h7-10,12,15-16H,4-6H2,1-3H3,(H2,19,20,22)/t12?,15-,16+/m1/s1. The van der Waals surface area contributed by atoms with Crippen molar-refractivity contribution in [3.8, 4) is 0 Å². The van der Waals surface area contributed by atoms with Gasteiger partial charge in [-0.05, 0) is 51.7 Å². The second-order valence-electron chi connectivity index (χ2n) is 6.32. The summed E-state index contributed by atoms with van der Waals surface area (Å²) in [5, 5.41) is 6.22. The number of aromatic nitrogens is 2. The van der Waals surface area contributed by atoms with Gasteiger partial charge < -0.3 is 15.2 Å². The van der Waals surface area contributed by atoms with Crippen LogP contribution in [-0.2, 0) is 0 Å². The summed E-state index contributed by atoms with van der Waals surface area (Å²) in [6.45, 7) is 6.24. The Morgan fingerprint density at radius 2 is 2.26 bits per heavy atom. The Bertz CT molecular complexity index is 664. The predicted molar refractivity (Wildman–Crippen MR) is 92.8 cm³/mol. The maximum absolute atomic E-state index is 12.4. The first kappa shape index (κ1) is 16.1. The fraction of sp³-hybridized carbons (Fsp3) is 0.529. The largest absolute Gasteiger partial charge is 0.333 e. The Hall–Kier alpha value is -1.82. The van der Waals surface area contributed by atoms with Gasteiger partial charge in [-0.25, -0.2) is 9.78 Å². The molecule has 1 fully saturated rings. The zero-order chi connectivity index (χ0) is 16.4. The fourth-order valence-corrected chi connectivity index (χ4v) is 4.52. The van der Waals surface area contributed by atoms with Crippen molar-refractivity contribution in [3.63, 3.8) is 0 Å². The quantitative estimate of drug-likeness (QED) is 0.896. The number of nitrogens with zero attached hydrogens (tertiary/aromatic N) is 2. The van der Waals surface area contributed by atoms with Crippen LogP contribution in [0.5, 0.6) is 0 Å². The molecule has 6 heteroatoms. The first-order valence-electron chi connectivity index (χ1n) is 8.16. The van der Waals surface area contributed by atoms with Gasteiger partial charge in [0.25, 0.3) is 0 Å². The van der Waals surface area contributed by atoms with Crippen molar-refractivity contribution in [1.82, 2.24) is 20.2 Å². The number of urea groups is 1. The van der Waals surface area contributed by atoms with Gasteiger partial charge in [0.1, 0.15) is 0 Å². The highest BCUT2D eigenvalue weighted by atomic mass is 32.1. The normalized spacial score (nSPS) is 22.0. The number of aryl methyl sites for hydroxylation is 2. The number of carbonyl (C=O) groups is 1. The fourth-order valence-electron chi connectivity index (χ4n) is 3.50. The predicted octanol–water partition coefficient (Wildman–Crippen LogP) is 3.72. The minimum absolute atomic E-state index is 0.0213. The van der Waals surface area contributed by atoms with Crippen LogP contribution >= 0.6 is 11.3 Å². The molecule has 2 amide bonds. The lowest BCUT2D eigenvalue weighted by molar-refractivity contribution is 0.230. The highest BCUT2D eigenvalue weighted by Gasteiger charge is 2.30. The van der Waals surface area contributed by atoms with Crippen molar-refractivity contribution in [2.45, 2.75) is 58.2 Å². The van der Waals surface area contributed by atoms with Gasteiger partial charge >= 0.3 is 6.03 Å². The average molecular weight is 332 g/mol. The molecule has 2 N–H and O–H groups in total. The molecule has 3 rings (SSSR count). The van der Waals surface area contributed by atoms with E-state index >= 15 is 0 Å². The molecule has 0 bridgehead atoms. The van der Waals surface area contributed by atoms with Crippen LogP contribution in [0, 0.1) is 13.8 Å². The topological polar surface area (TPSA) is 59.0 Å². The lowest BCUT2D eigenvalue weighted by Gasteiger charge is -2.23. The number of carbonyl (C=O) groups excluding carboxylic acids is 1. The summed E-state index contributed by atoms with van der Waals surface area (Å²) in [7, 11) is 0. The maximum atomic E-state index is 12.4. The molecule has 23 heavy (non-hydrogen) atoms. The molecule has 0 saturated heterocycles. The average Bonchev–Trinajstić information content (AvgIpc) is 3.19. The van der Waals surface area contributed by atoms with Crippen molar-refractivity contribution >= 4 is 17.4 Å². The molecule has 1 aliphatic rings. The molecule has 2 heterocycles. The van der Waals surface area contributed by atoms with Crippen LogP contribution in [0.1, 0.15) is 53.6 Å². The molecule has 0 aliphatic heterocycles. The third-order valence-corrected chi connectivity index (χ3v) is 5.58. The van der Waals surface area contributed by atoms with Crippen LogP contribution in [-0.4, -0.2) is 21.6 Å². The van der Waals surface area contributed by atoms with Gasteiger partial charge in [0.05, 0.1) is 24.5 Å². The highest BCUT2D eigenvalue weighted by molar-refractivity contribution is 7.12. The van der Waals surface area contributed by atoms with Gasteiger partial charge in [-0.15, -0.1) is 11.3 Å². The van der Waals surface area contributed by atoms with Gasteiger partial charge in [0.2, 0.25) is 0 Å². The van der Waals surface area contributed by atoms with Crippen LogP contribution in [0.2, 0.25) is 0 Å². The third-order valence-electron chi connectivity index (χ3n) is 4.60. The molecular formula is C17H24N4OS. The third kappa shape index (κ3) is 3.58. The van der Waals surface area contributed by atoms with E-state index in [1.54, 1.807) is 17.5 Å². The Balaban J connectivity index is 1.59. The number of imidazole rings is 1. The summed E-state index contributed by atoms with van der Waals surface area (Å²) < 4.78 is 2.10. The smallest absolute Gasteiger partial charge is 0.315 e. The number of rotatable bonds is 4. The van der Waals surface area contributed by atoms with E-state index in [2.05, 4.69) is 40.1 Å². The molecule has 0 radical (unpaired) electrons. The van der Waals surface area contributed by atoms with Gasteiger partial charge in [0.15, 0.2) is 0 Å². The Labute approximate surface area is 141 Å². The molecule has 0 aromatic carbocycles. The van der Waals surface area contributed by atoms with E-state index in [-0.39, 0.29) is 18.1 Å². The van der Waals surface area contributed by atoms with E-state index in [0.29, 0.717) is 6.04 Å². The minimum atomic E-state index is -0.0854. The minimum Gasteiger partial charge on any atom is -0.333 e. The number of nitrogens with one attached hydrogen (secondary N) is 2. The Morgan fingerprint density at radius 3 is 2.91 bits per heavy atom. The van der Waals surface area contributed by atoms with Crippen LogP contribution in [0.15, 0.2) is 24.8 Å². The van der Waals surface area contributed by atoms with Crippen LogP contribution < -0.4 is 10.6 Å². The molecule has 1 unspecified atom stereocenters. The zero-order valence-electron chi connectivity index (χ0n) is 13.9. The Morgan fingerprint density at radius 1 is 1.43 bits per heavy atom. The monoisotopic (exact) mass is 332 g/mol. The van der Waals surface area contributed by atoms with Crippen molar-refractivity contribution < 1.29 is 4.79 Å². The van der Waals surface area contributed by atoms with Crippen LogP contribution in [0.4, 0.5) is 4.79 Å². The lowest BCUT2D eigenvalue weighted by Crippen LogP contribution is -2.44. The van der Waals surface area contributed by atoms with Crippen molar-refractivity contribution in [2.75, 3.05) is 0 Å². The number of hydrogen-bond donors (Lipinski definition) is 2. The SMILES string of the molecule is Cc1cc(C(C)NC(=O)N[C@@H]2CCC[C@@H]2n2ccnc2)c(C)s1. The molecule has 1 aliphatic carbocycles. The van der Waals surface area contributed by atoms with Gasteiger partial charge in [-0.3, -0.25) is 0 Å². The molecule has 2 aromatic rings. The summed E-state index contributed by atoms with van der Waals surface area (Å²) in [5.41, 5.74) is 1.21. The highest BCUT2D eigenvalue weighted by Crippen LogP contribution is 2.30. The van der Waals surface area contributed by atoms with E-state index in [9.17, 15) is 4.79 Å². The maximum Gasteiger partial charge on any atom is 0.315 e. The Kier molecular flexibility index (Phi) is 4.71. The summed E-state index contributed by atoms with van der Waals surface area (Å²) >= 11 is 1.77. The number of amides is 2. The van der Waals surface area contributed by atoms with Crippen LogP contribution in [0.3, 0.4) is 0 Å². The number of hydrogen-bond acceptors (Lipinski definition) is 3. The van der Waals surface area contributed by atoms with E-state index in [4.69, 9.17) is 0 Å². The van der Waals surface area contributed by atoms with Crippen LogP contribution in [0.25, 0.3) is 0 Å². The molecule has 5 nitrogen and oxygen atoms in total. The summed E-state index contributed by atoms with van der Waals surface area (Å²) in [6.07, 6.45) is 8.83. The van der Waals surface area contributed by atoms with Crippen molar-refractivity contribution in [1.29, 1.82) is 0 Å². The second-order valence-corrected chi connectivity index (χ2v) is 7.78. The molecule has 1 saturated carbocycles. The van der Waals surface area contributed by atoms with Crippen molar-refractivity contribution in [2.24, 2.45) is 0 Å². The first-order chi connectivity index (χ1) is 11.0. The molecule has 124 valence electrons. The molecular weight excluding hydrogens is 308 g/mol. The molecule has 3 atom stereocenters. The van der Waals surface area contributed by atoms with E-state index in [1.807, 2.05) is 19.4 Å².